The number of pyridine rings is 1. The minimum Gasteiger partial charge on any atom is -0.223 e. The highest BCUT2D eigenvalue weighted by Gasteiger charge is 1.99. The van der Waals surface area contributed by atoms with Crippen LogP contribution in [0.25, 0.3) is 0 Å². The highest BCUT2D eigenvalue weighted by Crippen LogP contribution is 2.04. The molecule has 0 spiro atoms. The lowest BCUT2D eigenvalue weighted by Crippen LogP contribution is -1.91. The minimum absolute atomic E-state index is 0.0225. The van der Waals surface area contributed by atoms with E-state index in [1.807, 2.05) is 0 Å². The normalized spacial score (nSPS) is 9.90. The quantitative estimate of drug-likeness (QED) is 0.456. The third-order valence-electron chi connectivity index (χ3n) is 0.949. The summed E-state index contributed by atoms with van der Waals surface area (Å²) in [5.74, 6) is -1.46. The molecule has 0 amide bonds. The van der Waals surface area contributed by atoms with Gasteiger partial charge < -0.3 is 0 Å². The maximum Gasteiger partial charge on any atom is 0.216 e. The summed E-state index contributed by atoms with van der Waals surface area (Å²) in [5, 5.41) is 0. The fraction of sp³-hybridized carbons (Fsp3) is 0.167. The third-order valence-corrected chi connectivity index (χ3v) is 1.22. The molecule has 0 bridgehead atoms. The Morgan fingerprint density at radius 1 is 1.40 bits per heavy atom. The lowest BCUT2D eigenvalue weighted by molar-refractivity contribution is 0.547. The standard InChI is InChI=1S/C6H4ClF2N/c7-3-5-1-4(8)2-6(9)10-5/h1-2H,3H2. The zero-order chi connectivity index (χ0) is 7.56. The number of alkyl halides is 1. The van der Waals surface area contributed by atoms with Gasteiger partial charge in [-0.3, -0.25) is 0 Å². The van der Waals surface area contributed by atoms with E-state index in [0.29, 0.717) is 6.07 Å². The molecular weight excluding hydrogens is 160 g/mol. The van der Waals surface area contributed by atoms with Gasteiger partial charge in [-0.15, -0.1) is 11.6 Å². The van der Waals surface area contributed by atoms with Gasteiger partial charge in [-0.05, 0) is 6.07 Å². The number of hydrogen-bond donors (Lipinski definition) is 0. The highest BCUT2D eigenvalue weighted by atomic mass is 35.5. The van der Waals surface area contributed by atoms with Crippen LogP contribution in [0, 0.1) is 11.8 Å². The Labute approximate surface area is 61.7 Å². The maximum atomic E-state index is 12.3. The molecule has 1 aromatic heterocycles. The molecule has 10 heavy (non-hydrogen) atoms. The van der Waals surface area contributed by atoms with Crippen LogP contribution in [0.5, 0.6) is 0 Å². The van der Waals surface area contributed by atoms with Crippen LogP contribution < -0.4 is 0 Å². The van der Waals surface area contributed by atoms with Gasteiger partial charge in [0.1, 0.15) is 5.82 Å². The summed E-state index contributed by atoms with van der Waals surface area (Å²) in [7, 11) is 0. The van der Waals surface area contributed by atoms with Crippen LogP contribution in [0.4, 0.5) is 8.78 Å². The number of hydrogen-bond acceptors (Lipinski definition) is 1. The molecule has 0 aromatic carbocycles. The second-order valence-corrected chi connectivity index (χ2v) is 2.00. The summed E-state index contributed by atoms with van der Waals surface area (Å²) in [5.41, 5.74) is 0.208. The molecular formula is C6H4ClF2N. The van der Waals surface area contributed by atoms with Gasteiger partial charge in [0, 0.05) is 6.07 Å². The van der Waals surface area contributed by atoms with Gasteiger partial charge in [0.2, 0.25) is 5.95 Å². The van der Waals surface area contributed by atoms with Gasteiger partial charge in [-0.1, -0.05) is 0 Å². The van der Waals surface area contributed by atoms with E-state index >= 15 is 0 Å². The van der Waals surface area contributed by atoms with Gasteiger partial charge in [-0.2, -0.15) is 4.39 Å². The first-order valence-corrected chi connectivity index (χ1v) is 3.14. The molecule has 0 radical (unpaired) electrons. The van der Waals surface area contributed by atoms with Crippen molar-refractivity contribution in [1.29, 1.82) is 0 Å². The zero-order valence-electron chi connectivity index (χ0n) is 4.94. The zero-order valence-corrected chi connectivity index (χ0v) is 5.70. The molecule has 0 aliphatic carbocycles. The monoisotopic (exact) mass is 163 g/mol. The van der Waals surface area contributed by atoms with E-state index in [2.05, 4.69) is 4.98 Å². The first kappa shape index (κ1) is 7.41. The van der Waals surface area contributed by atoms with Crippen LogP contribution >= 0.6 is 11.6 Å². The number of halogens is 3. The van der Waals surface area contributed by atoms with Crippen LogP contribution in [-0.2, 0) is 5.88 Å². The average Bonchev–Trinajstić information content (AvgIpc) is 1.85. The Hall–Kier alpha value is -0.700. The molecule has 54 valence electrons. The van der Waals surface area contributed by atoms with Gasteiger partial charge in [0.05, 0.1) is 11.6 Å². The molecule has 0 aliphatic rings. The summed E-state index contributed by atoms with van der Waals surface area (Å²) in [6, 6.07) is 1.80. The lowest BCUT2D eigenvalue weighted by atomic mass is 10.4. The predicted octanol–water partition coefficient (Wildman–Crippen LogP) is 2.10. The summed E-state index contributed by atoms with van der Waals surface area (Å²) in [6.45, 7) is 0. The first-order valence-electron chi connectivity index (χ1n) is 2.60. The number of nitrogens with zero attached hydrogens (tertiary/aromatic N) is 1. The third kappa shape index (κ3) is 1.64. The van der Waals surface area contributed by atoms with Crippen LogP contribution in [-0.4, -0.2) is 4.98 Å². The van der Waals surface area contributed by atoms with E-state index in [9.17, 15) is 8.78 Å². The molecule has 1 nitrogen and oxygen atoms in total. The van der Waals surface area contributed by atoms with E-state index in [-0.39, 0.29) is 11.6 Å². The van der Waals surface area contributed by atoms with Crippen molar-refractivity contribution in [1.82, 2.24) is 4.98 Å². The van der Waals surface area contributed by atoms with E-state index in [1.54, 1.807) is 0 Å². The second kappa shape index (κ2) is 2.92. The molecule has 0 atom stereocenters. The molecule has 1 rings (SSSR count). The lowest BCUT2D eigenvalue weighted by Gasteiger charge is -1.93. The van der Waals surface area contributed by atoms with Gasteiger partial charge in [0.25, 0.3) is 0 Å². The van der Waals surface area contributed by atoms with E-state index < -0.39 is 11.8 Å². The van der Waals surface area contributed by atoms with Crippen molar-refractivity contribution in [2.45, 2.75) is 5.88 Å². The van der Waals surface area contributed by atoms with Crippen molar-refractivity contribution in [3.63, 3.8) is 0 Å². The van der Waals surface area contributed by atoms with E-state index in [4.69, 9.17) is 11.6 Å². The molecule has 0 saturated carbocycles. The molecule has 0 unspecified atom stereocenters. The predicted molar refractivity (Wildman–Crippen MR) is 33.7 cm³/mol. The molecule has 0 aliphatic heterocycles. The molecule has 0 fully saturated rings. The topological polar surface area (TPSA) is 12.9 Å². The van der Waals surface area contributed by atoms with Gasteiger partial charge in [0.15, 0.2) is 0 Å². The Morgan fingerprint density at radius 2 is 2.10 bits per heavy atom. The summed E-state index contributed by atoms with van der Waals surface area (Å²) in [6.07, 6.45) is 0. The highest BCUT2D eigenvalue weighted by molar-refractivity contribution is 6.16. The van der Waals surface area contributed by atoms with Crippen molar-refractivity contribution < 1.29 is 8.78 Å². The van der Waals surface area contributed by atoms with Crippen molar-refractivity contribution in [3.05, 3.63) is 29.6 Å². The molecule has 0 N–H and O–H groups in total. The second-order valence-electron chi connectivity index (χ2n) is 1.73. The van der Waals surface area contributed by atoms with E-state index in [0.717, 1.165) is 6.07 Å². The van der Waals surface area contributed by atoms with E-state index in [1.165, 1.54) is 0 Å². The maximum absolute atomic E-state index is 12.3. The van der Waals surface area contributed by atoms with Gasteiger partial charge in [-0.25, -0.2) is 9.37 Å². The van der Waals surface area contributed by atoms with Crippen LogP contribution in [0.3, 0.4) is 0 Å². The first-order chi connectivity index (χ1) is 4.72. The fourth-order valence-electron chi connectivity index (χ4n) is 0.585. The molecule has 1 aromatic rings. The Bertz CT molecular complexity index is 219. The van der Waals surface area contributed by atoms with Crippen LogP contribution in [0.1, 0.15) is 5.69 Å². The Morgan fingerprint density at radius 3 is 2.60 bits per heavy atom. The van der Waals surface area contributed by atoms with Crippen LogP contribution in [0.2, 0.25) is 0 Å². The number of aromatic nitrogens is 1. The Balaban J connectivity index is 3.06. The molecule has 4 heteroatoms. The summed E-state index contributed by atoms with van der Waals surface area (Å²) >= 11 is 5.28. The average molecular weight is 164 g/mol. The molecule has 0 saturated heterocycles. The Kier molecular flexibility index (Phi) is 2.17. The van der Waals surface area contributed by atoms with Crippen molar-refractivity contribution in [2.75, 3.05) is 0 Å². The summed E-state index contributed by atoms with van der Waals surface area (Å²) in [4.78, 5) is 3.31. The number of rotatable bonds is 1. The SMILES string of the molecule is Fc1cc(F)nc(CCl)c1. The van der Waals surface area contributed by atoms with Crippen molar-refractivity contribution in [2.24, 2.45) is 0 Å². The van der Waals surface area contributed by atoms with Gasteiger partial charge >= 0.3 is 0 Å². The van der Waals surface area contributed by atoms with Crippen molar-refractivity contribution >= 4 is 11.6 Å². The molecule has 1 heterocycles. The fourth-order valence-corrected chi connectivity index (χ4v) is 0.722. The summed E-state index contributed by atoms with van der Waals surface area (Å²) < 4.78 is 24.5. The minimum atomic E-state index is -0.837. The smallest absolute Gasteiger partial charge is 0.216 e. The largest absolute Gasteiger partial charge is 0.223 e. The van der Waals surface area contributed by atoms with Crippen LogP contribution in [0.15, 0.2) is 12.1 Å². The van der Waals surface area contributed by atoms with Crippen molar-refractivity contribution in [3.8, 4) is 0 Å².